The highest BCUT2D eigenvalue weighted by Gasteiger charge is 2.16. The van der Waals surface area contributed by atoms with Crippen molar-refractivity contribution >= 4 is 5.95 Å². The number of hydrogen-bond donors (Lipinski definition) is 0. The minimum Gasteiger partial charge on any atom is -0.463 e. The van der Waals surface area contributed by atoms with Gasteiger partial charge in [0, 0.05) is 37.7 Å². The highest BCUT2D eigenvalue weighted by atomic mass is 16.3. The van der Waals surface area contributed by atoms with Crippen LogP contribution in [0.5, 0.6) is 0 Å². The number of aromatic nitrogens is 4. The molecule has 4 aromatic rings. The summed E-state index contributed by atoms with van der Waals surface area (Å²) in [5, 5.41) is 0. The van der Waals surface area contributed by atoms with Crippen LogP contribution >= 0.6 is 0 Å². The van der Waals surface area contributed by atoms with Crippen LogP contribution in [0.15, 0.2) is 77.9 Å². The predicted molar refractivity (Wildman–Crippen MR) is 99.3 cm³/mol. The Morgan fingerprint density at radius 2 is 1.85 bits per heavy atom. The Hall–Kier alpha value is -3.54. The molecule has 0 saturated carbocycles. The van der Waals surface area contributed by atoms with Crippen molar-refractivity contribution in [2.75, 3.05) is 11.9 Å². The first-order chi connectivity index (χ1) is 12.8. The molecule has 6 nitrogen and oxygen atoms in total. The average Bonchev–Trinajstić information content (AvgIpc) is 3.24. The molecule has 26 heavy (non-hydrogen) atoms. The Morgan fingerprint density at radius 1 is 0.962 bits per heavy atom. The molecule has 0 aliphatic carbocycles. The summed E-state index contributed by atoms with van der Waals surface area (Å²) in [7, 11) is 1.97. The molecular formula is C20H17N5O. The first kappa shape index (κ1) is 16.0. The second-order valence-electron chi connectivity index (χ2n) is 5.84. The Balaban J connectivity index is 1.73. The molecular weight excluding hydrogens is 326 g/mol. The summed E-state index contributed by atoms with van der Waals surface area (Å²) in [6.07, 6.45) is 8.38. The number of furan rings is 1. The lowest BCUT2D eigenvalue weighted by Gasteiger charge is -2.18. The van der Waals surface area contributed by atoms with Crippen molar-refractivity contribution in [1.29, 1.82) is 0 Å². The van der Waals surface area contributed by atoms with Gasteiger partial charge in [0.15, 0.2) is 5.76 Å². The van der Waals surface area contributed by atoms with Gasteiger partial charge < -0.3 is 9.32 Å². The Kier molecular flexibility index (Phi) is 4.38. The molecule has 0 amide bonds. The van der Waals surface area contributed by atoms with Gasteiger partial charge in [-0.3, -0.25) is 9.97 Å². The fourth-order valence-corrected chi connectivity index (χ4v) is 2.71. The number of rotatable bonds is 5. The van der Waals surface area contributed by atoms with Crippen molar-refractivity contribution < 1.29 is 4.42 Å². The Labute approximate surface area is 151 Å². The quantitative estimate of drug-likeness (QED) is 0.548. The molecule has 0 unspecified atom stereocenters. The van der Waals surface area contributed by atoms with Crippen molar-refractivity contribution in [3.63, 3.8) is 0 Å². The molecule has 0 aliphatic rings. The van der Waals surface area contributed by atoms with Crippen molar-refractivity contribution in [3.8, 4) is 22.7 Å². The third kappa shape index (κ3) is 3.30. The van der Waals surface area contributed by atoms with E-state index in [9.17, 15) is 0 Å². The van der Waals surface area contributed by atoms with E-state index in [1.165, 1.54) is 5.56 Å². The lowest BCUT2D eigenvalue weighted by molar-refractivity contribution is 0.580. The highest BCUT2D eigenvalue weighted by Crippen LogP contribution is 2.30. The fraction of sp³-hybridized carbons (Fsp3) is 0.100. The summed E-state index contributed by atoms with van der Waals surface area (Å²) >= 11 is 0. The smallest absolute Gasteiger partial charge is 0.226 e. The lowest BCUT2D eigenvalue weighted by Crippen LogP contribution is -2.19. The molecule has 128 valence electrons. The number of anilines is 1. The van der Waals surface area contributed by atoms with Gasteiger partial charge in [-0.2, -0.15) is 0 Å². The Morgan fingerprint density at radius 3 is 2.58 bits per heavy atom. The van der Waals surface area contributed by atoms with E-state index >= 15 is 0 Å². The average molecular weight is 343 g/mol. The summed E-state index contributed by atoms with van der Waals surface area (Å²) in [5.74, 6) is 1.29. The van der Waals surface area contributed by atoms with Gasteiger partial charge in [0.2, 0.25) is 5.95 Å². The molecule has 6 heteroatoms. The van der Waals surface area contributed by atoms with Gasteiger partial charge in [-0.15, -0.1) is 0 Å². The molecule has 3 heterocycles. The summed E-state index contributed by atoms with van der Waals surface area (Å²) in [4.78, 5) is 19.8. The molecule has 1 aromatic carbocycles. The van der Waals surface area contributed by atoms with Gasteiger partial charge in [0.1, 0.15) is 5.69 Å². The van der Waals surface area contributed by atoms with E-state index in [1.807, 2.05) is 42.3 Å². The van der Waals surface area contributed by atoms with E-state index in [2.05, 4.69) is 27.1 Å². The summed E-state index contributed by atoms with van der Waals surface area (Å²) in [6.45, 7) is 0.711. The zero-order chi connectivity index (χ0) is 17.8. The van der Waals surface area contributed by atoms with Crippen LogP contribution in [0.4, 0.5) is 5.95 Å². The second-order valence-corrected chi connectivity index (χ2v) is 5.84. The van der Waals surface area contributed by atoms with Crippen molar-refractivity contribution in [2.24, 2.45) is 0 Å². The van der Waals surface area contributed by atoms with E-state index < -0.39 is 0 Å². The van der Waals surface area contributed by atoms with Crippen LogP contribution in [-0.2, 0) is 6.54 Å². The standard InChI is InChI=1S/C20H17N5O/c1-25(14-15-6-3-2-4-7-15)20-23-12-16(17-13-21-9-10-22-17)19(24-20)18-8-5-11-26-18/h2-13H,14H2,1H3. The number of nitrogens with zero attached hydrogens (tertiary/aromatic N) is 5. The first-order valence-corrected chi connectivity index (χ1v) is 8.23. The van der Waals surface area contributed by atoms with Gasteiger partial charge >= 0.3 is 0 Å². The summed E-state index contributed by atoms with van der Waals surface area (Å²) in [5.41, 5.74) is 3.37. The molecule has 4 rings (SSSR count). The van der Waals surface area contributed by atoms with Gasteiger partial charge in [0.25, 0.3) is 0 Å². The van der Waals surface area contributed by atoms with Crippen molar-refractivity contribution in [2.45, 2.75) is 6.54 Å². The van der Waals surface area contributed by atoms with E-state index in [0.29, 0.717) is 29.6 Å². The minimum absolute atomic E-state index is 0.618. The van der Waals surface area contributed by atoms with E-state index in [1.54, 1.807) is 31.1 Å². The molecule has 0 aliphatic heterocycles. The molecule has 0 radical (unpaired) electrons. The molecule has 0 atom stereocenters. The van der Waals surface area contributed by atoms with Gasteiger partial charge in [-0.1, -0.05) is 30.3 Å². The fourth-order valence-electron chi connectivity index (χ4n) is 2.71. The summed E-state index contributed by atoms with van der Waals surface area (Å²) in [6, 6.07) is 13.9. The lowest BCUT2D eigenvalue weighted by atomic mass is 10.1. The van der Waals surface area contributed by atoms with Gasteiger partial charge in [-0.05, 0) is 17.7 Å². The first-order valence-electron chi connectivity index (χ1n) is 8.23. The maximum absolute atomic E-state index is 5.58. The predicted octanol–water partition coefficient (Wildman–Crippen LogP) is 3.83. The molecule has 0 saturated heterocycles. The van der Waals surface area contributed by atoms with Gasteiger partial charge in [0.05, 0.1) is 18.2 Å². The summed E-state index contributed by atoms with van der Waals surface area (Å²) < 4.78 is 5.58. The number of hydrogen-bond acceptors (Lipinski definition) is 6. The van der Waals surface area contributed by atoms with Crippen LogP contribution in [0.2, 0.25) is 0 Å². The van der Waals surface area contributed by atoms with Crippen LogP contribution in [0.3, 0.4) is 0 Å². The minimum atomic E-state index is 0.618. The monoisotopic (exact) mass is 343 g/mol. The van der Waals surface area contributed by atoms with Crippen molar-refractivity contribution in [3.05, 3.63) is 79.1 Å². The van der Waals surface area contributed by atoms with E-state index in [4.69, 9.17) is 9.40 Å². The van der Waals surface area contributed by atoms with Crippen LogP contribution in [0.1, 0.15) is 5.56 Å². The normalized spacial score (nSPS) is 10.7. The molecule has 0 N–H and O–H groups in total. The molecule has 0 fully saturated rings. The molecule has 0 bridgehead atoms. The SMILES string of the molecule is CN(Cc1ccccc1)c1ncc(-c2cnccn2)c(-c2ccco2)n1. The van der Waals surface area contributed by atoms with Gasteiger partial charge in [-0.25, -0.2) is 9.97 Å². The maximum atomic E-state index is 5.58. The van der Waals surface area contributed by atoms with Crippen LogP contribution < -0.4 is 4.90 Å². The van der Waals surface area contributed by atoms with Crippen molar-refractivity contribution in [1.82, 2.24) is 19.9 Å². The largest absolute Gasteiger partial charge is 0.463 e. The van der Waals surface area contributed by atoms with E-state index in [0.717, 1.165) is 5.56 Å². The number of benzene rings is 1. The topological polar surface area (TPSA) is 67.9 Å². The second kappa shape index (κ2) is 7.14. The third-order valence-corrected chi connectivity index (χ3v) is 3.97. The highest BCUT2D eigenvalue weighted by molar-refractivity contribution is 5.76. The molecule has 0 spiro atoms. The third-order valence-electron chi connectivity index (χ3n) is 3.97. The van der Waals surface area contributed by atoms with Crippen LogP contribution in [-0.4, -0.2) is 27.0 Å². The Bertz CT molecular complexity index is 972. The van der Waals surface area contributed by atoms with E-state index in [-0.39, 0.29) is 0 Å². The zero-order valence-corrected chi connectivity index (χ0v) is 14.3. The van der Waals surface area contributed by atoms with Crippen LogP contribution in [0, 0.1) is 0 Å². The molecule has 3 aromatic heterocycles. The zero-order valence-electron chi connectivity index (χ0n) is 14.3. The maximum Gasteiger partial charge on any atom is 0.226 e. The van der Waals surface area contributed by atoms with Crippen LogP contribution in [0.25, 0.3) is 22.7 Å².